The van der Waals surface area contributed by atoms with Crippen molar-refractivity contribution >= 4 is 27.5 Å². The van der Waals surface area contributed by atoms with Crippen molar-refractivity contribution in [2.45, 2.75) is 4.95 Å². The summed E-state index contributed by atoms with van der Waals surface area (Å²) in [5.41, 5.74) is 0. The molecule has 1 atom stereocenters. The molecule has 0 amide bonds. The number of alkyl halides is 1. The summed E-state index contributed by atoms with van der Waals surface area (Å²) >= 11 is 8.83. The van der Waals surface area contributed by atoms with Crippen molar-refractivity contribution in [1.29, 1.82) is 0 Å². The maximum absolute atomic E-state index is 8.81. The van der Waals surface area contributed by atoms with Crippen LogP contribution in [-0.4, -0.2) is 10.1 Å². The van der Waals surface area contributed by atoms with Gasteiger partial charge < -0.3 is 10.4 Å². The molecule has 2 N–H and O–H groups in total. The van der Waals surface area contributed by atoms with E-state index in [0.717, 1.165) is 0 Å². The molecule has 0 saturated carbocycles. The van der Waals surface area contributed by atoms with Gasteiger partial charge in [-0.25, -0.2) is 0 Å². The maximum Gasteiger partial charge on any atom is 0.132 e. The second kappa shape index (κ2) is 2.62. The number of aliphatic hydroxyl groups excluding tert-OH is 1. The molecule has 1 aliphatic rings. The zero-order valence-electron chi connectivity index (χ0n) is 4.44. The van der Waals surface area contributed by atoms with Crippen LogP contribution in [0.25, 0.3) is 0 Å². The molecule has 0 radical (unpaired) electrons. The van der Waals surface area contributed by atoms with Crippen LogP contribution in [0.15, 0.2) is 23.1 Å². The highest BCUT2D eigenvalue weighted by molar-refractivity contribution is 9.09. The van der Waals surface area contributed by atoms with Crippen LogP contribution in [0.2, 0.25) is 0 Å². The molecule has 0 saturated heterocycles. The van der Waals surface area contributed by atoms with E-state index in [1.54, 1.807) is 0 Å². The molecule has 0 aromatic rings. The van der Waals surface area contributed by atoms with Gasteiger partial charge in [-0.15, -0.1) is 0 Å². The Morgan fingerprint density at radius 3 is 2.89 bits per heavy atom. The summed E-state index contributed by atoms with van der Waals surface area (Å²) in [7, 11) is 0. The molecular weight excluding hydrogens is 205 g/mol. The van der Waals surface area contributed by atoms with Crippen molar-refractivity contribution in [2.75, 3.05) is 0 Å². The fourth-order valence-electron chi connectivity index (χ4n) is 0.494. The van der Waals surface area contributed by atoms with Gasteiger partial charge in [-0.05, 0) is 6.08 Å². The first-order valence-electron chi connectivity index (χ1n) is 2.36. The second-order valence-electron chi connectivity index (χ2n) is 1.63. The number of aliphatic hydroxyl groups is 1. The van der Waals surface area contributed by atoms with Gasteiger partial charge in [-0.2, -0.15) is 0 Å². The first-order chi connectivity index (χ1) is 4.20. The predicted octanol–water partition coefficient (Wildman–Crippen LogP) is 1.83. The van der Waals surface area contributed by atoms with Gasteiger partial charge in [0.25, 0.3) is 0 Å². The topological polar surface area (TPSA) is 32.3 Å². The van der Waals surface area contributed by atoms with Crippen LogP contribution in [-0.2, 0) is 0 Å². The fourth-order valence-corrected chi connectivity index (χ4v) is 0.933. The summed E-state index contributed by atoms with van der Waals surface area (Å²) in [6.07, 6.45) is 2.96. The lowest BCUT2D eigenvalue weighted by atomic mass is 10.4. The van der Waals surface area contributed by atoms with E-state index in [-0.39, 0.29) is 10.7 Å². The van der Waals surface area contributed by atoms with Crippen molar-refractivity contribution in [3.8, 4) is 0 Å². The molecule has 0 bridgehead atoms. The van der Waals surface area contributed by atoms with Gasteiger partial charge in [0.2, 0.25) is 0 Å². The number of rotatable bonds is 0. The Morgan fingerprint density at radius 1 is 1.78 bits per heavy atom. The number of hydrogen-bond acceptors (Lipinski definition) is 2. The summed E-state index contributed by atoms with van der Waals surface area (Å²) in [5.74, 6) is 0.149. The fraction of sp³-hybridized carbons (Fsp3) is 0.200. The van der Waals surface area contributed by atoms with Crippen LogP contribution >= 0.6 is 27.5 Å². The van der Waals surface area contributed by atoms with Crippen LogP contribution < -0.4 is 5.32 Å². The van der Waals surface area contributed by atoms with Gasteiger partial charge in [0.15, 0.2) is 0 Å². The minimum atomic E-state index is -0.0601. The minimum absolute atomic E-state index is 0.0601. The third kappa shape index (κ3) is 1.63. The molecule has 0 spiro atoms. The van der Waals surface area contributed by atoms with E-state index in [9.17, 15) is 0 Å². The van der Waals surface area contributed by atoms with E-state index >= 15 is 0 Å². The molecule has 1 heterocycles. The lowest BCUT2D eigenvalue weighted by Crippen LogP contribution is -2.20. The van der Waals surface area contributed by atoms with Crippen LogP contribution in [0, 0.1) is 0 Å². The molecule has 4 heteroatoms. The molecule has 1 rings (SSSR count). The van der Waals surface area contributed by atoms with Crippen LogP contribution in [0.4, 0.5) is 0 Å². The van der Waals surface area contributed by atoms with Crippen molar-refractivity contribution in [3.63, 3.8) is 0 Å². The monoisotopic (exact) mass is 209 g/mol. The lowest BCUT2D eigenvalue weighted by molar-refractivity contribution is 0.424. The average molecular weight is 210 g/mol. The van der Waals surface area contributed by atoms with Crippen molar-refractivity contribution in [2.24, 2.45) is 0 Å². The van der Waals surface area contributed by atoms with Gasteiger partial charge >= 0.3 is 0 Å². The molecule has 9 heavy (non-hydrogen) atoms. The minimum Gasteiger partial charge on any atom is -0.506 e. The van der Waals surface area contributed by atoms with E-state index in [4.69, 9.17) is 16.7 Å². The molecule has 1 aliphatic heterocycles. The third-order valence-electron chi connectivity index (χ3n) is 0.905. The predicted molar refractivity (Wildman–Crippen MR) is 40.5 cm³/mol. The molecule has 0 fully saturated rings. The summed E-state index contributed by atoms with van der Waals surface area (Å²) in [6.45, 7) is 0. The molecule has 0 aromatic heterocycles. The number of allylic oxidation sites excluding steroid dienone is 1. The number of dihydropyridines is 1. The zero-order valence-corrected chi connectivity index (χ0v) is 6.78. The number of hydrogen-bond donors (Lipinski definition) is 2. The number of nitrogens with one attached hydrogen (secondary N) is 1. The Kier molecular flexibility index (Phi) is 2.03. The van der Waals surface area contributed by atoms with Crippen LogP contribution in [0.5, 0.6) is 0 Å². The molecule has 50 valence electrons. The first kappa shape index (κ1) is 6.96. The van der Waals surface area contributed by atoms with E-state index in [1.807, 2.05) is 0 Å². The molecule has 0 aliphatic carbocycles. The molecular formula is C5H5BrClNO. The maximum atomic E-state index is 8.81. The van der Waals surface area contributed by atoms with Crippen molar-refractivity contribution in [1.82, 2.24) is 5.32 Å². The quantitative estimate of drug-likeness (QED) is 0.472. The summed E-state index contributed by atoms with van der Waals surface area (Å²) < 4.78 is 0. The molecule has 1 unspecified atom stereocenters. The van der Waals surface area contributed by atoms with E-state index in [2.05, 4.69) is 21.2 Å². The van der Waals surface area contributed by atoms with Gasteiger partial charge in [-0.1, -0.05) is 27.5 Å². The first-order valence-corrected chi connectivity index (χ1v) is 3.66. The smallest absolute Gasteiger partial charge is 0.132 e. The normalized spacial score (nSPS) is 26.2. The largest absolute Gasteiger partial charge is 0.506 e. The Bertz CT molecular complexity index is 178. The highest BCUT2D eigenvalue weighted by Crippen LogP contribution is 2.18. The van der Waals surface area contributed by atoms with Gasteiger partial charge in [0.1, 0.15) is 10.7 Å². The standard InChI is InChI=1S/C5H5BrClNO/c6-5-4(7)1-3(9)2-8-5/h1-2,5,8-9H. The Labute approximate surface area is 66.3 Å². The van der Waals surface area contributed by atoms with Crippen molar-refractivity contribution < 1.29 is 5.11 Å². The van der Waals surface area contributed by atoms with Crippen molar-refractivity contribution in [3.05, 3.63) is 23.1 Å². The molecule has 2 nitrogen and oxygen atoms in total. The summed E-state index contributed by atoms with van der Waals surface area (Å²) in [5, 5.41) is 12.2. The summed E-state index contributed by atoms with van der Waals surface area (Å²) in [4.78, 5) is -0.0601. The van der Waals surface area contributed by atoms with Gasteiger partial charge in [0.05, 0.1) is 5.03 Å². The SMILES string of the molecule is OC1=CNC(Br)C(Cl)=C1. The van der Waals surface area contributed by atoms with E-state index < -0.39 is 0 Å². The number of halogens is 2. The summed E-state index contributed by atoms with van der Waals surface area (Å²) in [6, 6.07) is 0. The highest BCUT2D eigenvalue weighted by Gasteiger charge is 2.10. The van der Waals surface area contributed by atoms with E-state index in [1.165, 1.54) is 12.3 Å². The van der Waals surface area contributed by atoms with Crippen LogP contribution in [0.1, 0.15) is 0 Å². The second-order valence-corrected chi connectivity index (χ2v) is 2.98. The van der Waals surface area contributed by atoms with Gasteiger partial charge in [0, 0.05) is 6.20 Å². The average Bonchev–Trinajstić information content (AvgIpc) is 1.80. The van der Waals surface area contributed by atoms with E-state index in [0.29, 0.717) is 5.03 Å². The van der Waals surface area contributed by atoms with Gasteiger partial charge in [-0.3, -0.25) is 0 Å². The highest BCUT2D eigenvalue weighted by atomic mass is 79.9. The Hall–Kier alpha value is -0.150. The lowest BCUT2D eigenvalue weighted by Gasteiger charge is -2.12. The Balaban J connectivity index is 2.74. The Morgan fingerprint density at radius 2 is 2.44 bits per heavy atom. The zero-order chi connectivity index (χ0) is 6.85. The third-order valence-corrected chi connectivity index (χ3v) is 2.25. The molecule has 0 aromatic carbocycles. The van der Waals surface area contributed by atoms with Crippen LogP contribution in [0.3, 0.4) is 0 Å².